The van der Waals surface area contributed by atoms with Crippen molar-refractivity contribution in [2.24, 2.45) is 5.92 Å². The average molecular weight is 589 g/mol. The summed E-state index contributed by atoms with van der Waals surface area (Å²) in [6.45, 7) is 10.6. The van der Waals surface area contributed by atoms with E-state index in [9.17, 15) is 4.79 Å². The number of likely N-dealkylation sites (tertiary alicyclic amines) is 1. The van der Waals surface area contributed by atoms with E-state index in [2.05, 4.69) is 137 Å². The molecule has 5 nitrogen and oxygen atoms in total. The number of carbonyl (C=O) groups excluding carboxylic acids is 1. The molecular weight excluding hydrogens is 540 g/mol. The van der Waals surface area contributed by atoms with Crippen molar-refractivity contribution in [2.75, 3.05) is 26.2 Å². The standard InChI is InChI=1S/C39H48N4O/c1-31(2)27-40-28-35-14-9-15-37(26-35)36-18-16-34(17-19-36)30-43(39(44)41-23-20-32-10-5-3-6-11-32)38-21-24-42(25-22-38)29-33-12-7-4-8-13-33/h3-19,26,31,38,40H,20-25,27-30H2,1-2H3,(H,41,44). The van der Waals surface area contributed by atoms with E-state index in [1.54, 1.807) is 0 Å². The van der Waals surface area contributed by atoms with E-state index >= 15 is 0 Å². The summed E-state index contributed by atoms with van der Waals surface area (Å²) >= 11 is 0. The SMILES string of the molecule is CC(C)CNCc1cccc(-c2ccc(CN(C(=O)NCCc3ccccc3)C3CCN(Cc4ccccc4)CC3)cc2)c1. The molecule has 1 aliphatic rings. The molecule has 0 bridgehead atoms. The quantitative estimate of drug-likeness (QED) is 0.170. The van der Waals surface area contributed by atoms with Gasteiger partial charge in [-0.05, 0) is 71.2 Å². The molecule has 230 valence electrons. The number of rotatable bonds is 13. The monoisotopic (exact) mass is 588 g/mol. The molecule has 44 heavy (non-hydrogen) atoms. The van der Waals surface area contributed by atoms with Gasteiger partial charge in [-0.2, -0.15) is 0 Å². The van der Waals surface area contributed by atoms with Crippen LogP contribution in [0.2, 0.25) is 0 Å². The van der Waals surface area contributed by atoms with Crippen molar-refractivity contribution in [3.05, 3.63) is 131 Å². The molecule has 5 heteroatoms. The third-order valence-electron chi connectivity index (χ3n) is 8.49. The highest BCUT2D eigenvalue weighted by molar-refractivity contribution is 5.74. The minimum absolute atomic E-state index is 0.0353. The fourth-order valence-corrected chi connectivity index (χ4v) is 6.02. The zero-order valence-corrected chi connectivity index (χ0v) is 26.4. The van der Waals surface area contributed by atoms with E-state index in [1.165, 1.54) is 27.8 Å². The van der Waals surface area contributed by atoms with Crippen LogP contribution < -0.4 is 10.6 Å². The Labute approximate surface area is 264 Å². The maximum atomic E-state index is 13.7. The highest BCUT2D eigenvalue weighted by atomic mass is 16.2. The lowest BCUT2D eigenvalue weighted by Gasteiger charge is -2.38. The van der Waals surface area contributed by atoms with Crippen LogP contribution in [-0.2, 0) is 26.1 Å². The minimum Gasteiger partial charge on any atom is -0.338 e. The van der Waals surface area contributed by atoms with Crippen molar-refractivity contribution in [1.82, 2.24) is 20.4 Å². The lowest BCUT2D eigenvalue weighted by atomic mass is 10.00. The van der Waals surface area contributed by atoms with Gasteiger partial charge in [0.2, 0.25) is 0 Å². The molecule has 4 aromatic carbocycles. The van der Waals surface area contributed by atoms with Gasteiger partial charge in [-0.1, -0.05) is 117 Å². The third-order valence-corrected chi connectivity index (χ3v) is 8.49. The summed E-state index contributed by atoms with van der Waals surface area (Å²) in [5, 5.41) is 6.78. The summed E-state index contributed by atoms with van der Waals surface area (Å²) in [6.07, 6.45) is 2.79. The van der Waals surface area contributed by atoms with Crippen LogP contribution in [-0.4, -0.2) is 48.1 Å². The van der Waals surface area contributed by atoms with Gasteiger partial charge in [0.15, 0.2) is 0 Å². The van der Waals surface area contributed by atoms with Crippen molar-refractivity contribution in [1.29, 1.82) is 0 Å². The first-order chi connectivity index (χ1) is 21.5. The molecule has 2 amide bonds. The molecule has 1 fully saturated rings. The molecule has 0 saturated carbocycles. The molecule has 0 radical (unpaired) electrons. The van der Waals surface area contributed by atoms with Crippen LogP contribution in [0.1, 0.15) is 48.9 Å². The number of nitrogens with zero attached hydrogens (tertiary/aromatic N) is 2. The molecule has 0 aromatic heterocycles. The number of urea groups is 1. The molecule has 5 rings (SSSR count). The van der Waals surface area contributed by atoms with E-state index in [1.807, 2.05) is 6.07 Å². The zero-order chi connectivity index (χ0) is 30.6. The van der Waals surface area contributed by atoms with E-state index in [0.717, 1.165) is 57.5 Å². The summed E-state index contributed by atoms with van der Waals surface area (Å²) in [4.78, 5) is 18.3. The molecule has 1 heterocycles. The number of carbonyl (C=O) groups is 1. The van der Waals surface area contributed by atoms with Gasteiger partial charge >= 0.3 is 6.03 Å². The second kappa shape index (κ2) is 16.2. The van der Waals surface area contributed by atoms with Gasteiger partial charge in [0.25, 0.3) is 0 Å². The van der Waals surface area contributed by atoms with E-state index < -0.39 is 0 Å². The lowest BCUT2D eigenvalue weighted by molar-refractivity contribution is 0.113. The Balaban J connectivity index is 1.23. The van der Waals surface area contributed by atoms with Crippen molar-refractivity contribution in [3.8, 4) is 11.1 Å². The Hall–Kier alpha value is -3.93. The van der Waals surface area contributed by atoms with Crippen LogP contribution in [0.3, 0.4) is 0 Å². The molecule has 0 atom stereocenters. The predicted octanol–water partition coefficient (Wildman–Crippen LogP) is 7.52. The molecule has 0 spiro atoms. The van der Waals surface area contributed by atoms with Crippen LogP contribution in [0, 0.1) is 5.92 Å². The van der Waals surface area contributed by atoms with E-state index in [0.29, 0.717) is 19.0 Å². The van der Waals surface area contributed by atoms with Gasteiger partial charge in [-0.3, -0.25) is 4.90 Å². The smallest absolute Gasteiger partial charge is 0.317 e. The molecular formula is C39H48N4O. The van der Waals surface area contributed by atoms with Crippen molar-refractivity contribution in [2.45, 2.75) is 58.8 Å². The van der Waals surface area contributed by atoms with Gasteiger partial charge in [0.05, 0.1) is 0 Å². The summed E-state index contributed by atoms with van der Waals surface area (Å²) in [6, 6.07) is 38.8. The highest BCUT2D eigenvalue weighted by Gasteiger charge is 2.28. The molecule has 2 N–H and O–H groups in total. The summed E-state index contributed by atoms with van der Waals surface area (Å²) in [5.41, 5.74) is 7.47. The van der Waals surface area contributed by atoms with Crippen molar-refractivity contribution >= 4 is 6.03 Å². The third kappa shape index (κ3) is 9.54. The Kier molecular flexibility index (Phi) is 11.6. The number of hydrogen-bond acceptors (Lipinski definition) is 3. The number of piperidine rings is 1. The second-order valence-corrected chi connectivity index (χ2v) is 12.5. The van der Waals surface area contributed by atoms with Crippen LogP contribution in [0.4, 0.5) is 4.79 Å². The number of benzene rings is 4. The second-order valence-electron chi connectivity index (χ2n) is 12.5. The topological polar surface area (TPSA) is 47.6 Å². The van der Waals surface area contributed by atoms with Crippen LogP contribution in [0.15, 0.2) is 109 Å². The molecule has 1 saturated heterocycles. The maximum Gasteiger partial charge on any atom is 0.317 e. The van der Waals surface area contributed by atoms with Gasteiger partial charge < -0.3 is 15.5 Å². The van der Waals surface area contributed by atoms with Crippen LogP contribution >= 0.6 is 0 Å². The fourth-order valence-electron chi connectivity index (χ4n) is 6.02. The number of nitrogens with one attached hydrogen (secondary N) is 2. The van der Waals surface area contributed by atoms with Crippen molar-refractivity contribution in [3.63, 3.8) is 0 Å². The molecule has 4 aromatic rings. The normalized spacial score (nSPS) is 14.1. The number of amides is 2. The first kappa shape index (κ1) is 31.5. The van der Waals surface area contributed by atoms with E-state index in [4.69, 9.17) is 0 Å². The van der Waals surface area contributed by atoms with Crippen molar-refractivity contribution < 1.29 is 4.79 Å². The molecule has 0 unspecified atom stereocenters. The zero-order valence-electron chi connectivity index (χ0n) is 26.4. The fraction of sp³-hybridized carbons (Fsp3) is 0.359. The van der Waals surface area contributed by atoms with Gasteiger partial charge in [0.1, 0.15) is 0 Å². The molecule has 0 aliphatic carbocycles. The Morgan fingerprint density at radius 3 is 2.11 bits per heavy atom. The summed E-state index contributed by atoms with van der Waals surface area (Å²) < 4.78 is 0. The Bertz CT molecular complexity index is 1410. The van der Waals surface area contributed by atoms with Gasteiger partial charge in [0, 0.05) is 45.3 Å². The predicted molar refractivity (Wildman–Crippen MR) is 182 cm³/mol. The van der Waals surface area contributed by atoms with Crippen LogP contribution in [0.25, 0.3) is 11.1 Å². The largest absolute Gasteiger partial charge is 0.338 e. The minimum atomic E-state index is 0.0353. The lowest BCUT2D eigenvalue weighted by Crippen LogP contribution is -2.50. The van der Waals surface area contributed by atoms with Gasteiger partial charge in [-0.25, -0.2) is 4.79 Å². The number of hydrogen-bond donors (Lipinski definition) is 2. The summed E-state index contributed by atoms with van der Waals surface area (Å²) in [7, 11) is 0. The van der Waals surface area contributed by atoms with Gasteiger partial charge in [-0.15, -0.1) is 0 Å². The first-order valence-electron chi connectivity index (χ1n) is 16.3. The first-order valence-corrected chi connectivity index (χ1v) is 16.3. The Morgan fingerprint density at radius 2 is 1.43 bits per heavy atom. The highest BCUT2D eigenvalue weighted by Crippen LogP contribution is 2.24. The van der Waals surface area contributed by atoms with E-state index in [-0.39, 0.29) is 12.1 Å². The van der Waals surface area contributed by atoms with Crippen LogP contribution in [0.5, 0.6) is 0 Å². The Morgan fingerprint density at radius 1 is 0.773 bits per heavy atom. The maximum absolute atomic E-state index is 13.7. The molecule has 1 aliphatic heterocycles. The average Bonchev–Trinajstić information content (AvgIpc) is 3.05. The summed E-state index contributed by atoms with van der Waals surface area (Å²) in [5.74, 6) is 0.637.